The molecule has 0 bridgehead atoms. The van der Waals surface area contributed by atoms with Crippen molar-refractivity contribution in [2.75, 3.05) is 24.6 Å². The van der Waals surface area contributed by atoms with Crippen molar-refractivity contribution in [3.63, 3.8) is 0 Å². The first-order valence-electron chi connectivity index (χ1n) is 5.47. The smallest absolute Gasteiger partial charge is 0.170 e. The lowest BCUT2D eigenvalue weighted by atomic mass is 10.2. The van der Waals surface area contributed by atoms with Gasteiger partial charge in [-0.05, 0) is 24.6 Å². The Balaban J connectivity index is 2.12. The average molecular weight is 236 g/mol. The number of morpholine rings is 1. The standard InChI is InChI=1S/C11H16N4O2/c1-8-2-3-13-10(6-8)15-4-5-17-9(7-15)11(12)14-16/h2-3,6,9,16H,4-5,7H2,1H3,(H2,12,14). The largest absolute Gasteiger partial charge is 0.409 e. The van der Waals surface area contributed by atoms with Crippen LogP contribution < -0.4 is 10.6 Å². The predicted molar refractivity (Wildman–Crippen MR) is 64.3 cm³/mol. The lowest BCUT2D eigenvalue weighted by molar-refractivity contribution is 0.0804. The van der Waals surface area contributed by atoms with Crippen molar-refractivity contribution >= 4 is 11.7 Å². The van der Waals surface area contributed by atoms with Gasteiger partial charge in [-0.3, -0.25) is 0 Å². The van der Waals surface area contributed by atoms with E-state index in [1.807, 2.05) is 19.1 Å². The number of hydrogen-bond acceptors (Lipinski definition) is 5. The highest BCUT2D eigenvalue weighted by molar-refractivity contribution is 5.85. The fraction of sp³-hybridized carbons (Fsp3) is 0.455. The number of ether oxygens (including phenoxy) is 1. The minimum Gasteiger partial charge on any atom is -0.409 e. The molecule has 6 nitrogen and oxygen atoms in total. The Bertz CT molecular complexity index is 422. The van der Waals surface area contributed by atoms with Gasteiger partial charge in [0.25, 0.3) is 0 Å². The normalized spacial score (nSPS) is 21.6. The minimum absolute atomic E-state index is 0.0994. The molecule has 2 heterocycles. The van der Waals surface area contributed by atoms with Crippen molar-refractivity contribution in [2.24, 2.45) is 10.9 Å². The van der Waals surface area contributed by atoms with Gasteiger partial charge in [0.1, 0.15) is 11.9 Å². The zero-order valence-electron chi connectivity index (χ0n) is 9.71. The summed E-state index contributed by atoms with van der Waals surface area (Å²) in [5.41, 5.74) is 6.70. The topological polar surface area (TPSA) is 84.0 Å². The summed E-state index contributed by atoms with van der Waals surface area (Å²) in [6.07, 6.45) is 1.40. The molecule has 1 aliphatic rings. The van der Waals surface area contributed by atoms with Crippen molar-refractivity contribution in [1.29, 1.82) is 0 Å². The van der Waals surface area contributed by atoms with Gasteiger partial charge >= 0.3 is 0 Å². The van der Waals surface area contributed by atoms with Crippen LogP contribution in [0.1, 0.15) is 5.56 Å². The molecule has 3 N–H and O–H groups in total. The fourth-order valence-corrected chi connectivity index (χ4v) is 1.79. The average Bonchev–Trinajstić information content (AvgIpc) is 2.38. The summed E-state index contributed by atoms with van der Waals surface area (Å²) in [4.78, 5) is 6.38. The highest BCUT2D eigenvalue weighted by Crippen LogP contribution is 2.16. The van der Waals surface area contributed by atoms with Gasteiger partial charge in [0.15, 0.2) is 5.84 Å². The molecular formula is C11H16N4O2. The number of nitrogens with zero attached hydrogens (tertiary/aromatic N) is 3. The summed E-state index contributed by atoms with van der Waals surface area (Å²) < 4.78 is 5.43. The molecule has 0 aliphatic carbocycles. The molecule has 0 amide bonds. The zero-order chi connectivity index (χ0) is 12.3. The maximum atomic E-state index is 8.64. The van der Waals surface area contributed by atoms with Gasteiger partial charge in [0, 0.05) is 12.7 Å². The number of rotatable bonds is 2. The van der Waals surface area contributed by atoms with Crippen LogP contribution in [0.15, 0.2) is 23.5 Å². The van der Waals surface area contributed by atoms with E-state index in [4.69, 9.17) is 15.7 Å². The minimum atomic E-state index is -0.379. The monoisotopic (exact) mass is 236 g/mol. The van der Waals surface area contributed by atoms with Gasteiger partial charge in [0.05, 0.1) is 13.2 Å². The molecule has 1 aromatic heterocycles. The SMILES string of the molecule is Cc1ccnc(N2CCOC(C(N)=NO)C2)c1. The molecule has 1 saturated heterocycles. The molecule has 0 radical (unpaired) electrons. The number of pyridine rings is 1. The Morgan fingerprint density at radius 3 is 3.24 bits per heavy atom. The fourth-order valence-electron chi connectivity index (χ4n) is 1.79. The van der Waals surface area contributed by atoms with E-state index in [2.05, 4.69) is 15.0 Å². The van der Waals surface area contributed by atoms with Gasteiger partial charge in [-0.15, -0.1) is 0 Å². The maximum absolute atomic E-state index is 8.64. The highest BCUT2D eigenvalue weighted by Gasteiger charge is 2.24. The van der Waals surface area contributed by atoms with E-state index in [0.29, 0.717) is 13.2 Å². The van der Waals surface area contributed by atoms with Crippen LogP contribution in [-0.2, 0) is 4.74 Å². The second-order valence-electron chi connectivity index (χ2n) is 4.02. The molecule has 17 heavy (non-hydrogen) atoms. The lowest BCUT2D eigenvalue weighted by Gasteiger charge is -2.33. The summed E-state index contributed by atoms with van der Waals surface area (Å²) in [6, 6.07) is 3.96. The molecule has 1 aromatic rings. The van der Waals surface area contributed by atoms with Crippen molar-refractivity contribution in [3.05, 3.63) is 23.9 Å². The Labute approximate surface area is 99.7 Å². The molecular weight excluding hydrogens is 220 g/mol. The van der Waals surface area contributed by atoms with Crippen LogP contribution in [0.3, 0.4) is 0 Å². The maximum Gasteiger partial charge on any atom is 0.170 e. The van der Waals surface area contributed by atoms with Crippen LogP contribution >= 0.6 is 0 Å². The molecule has 92 valence electrons. The number of aromatic nitrogens is 1. The van der Waals surface area contributed by atoms with E-state index in [9.17, 15) is 0 Å². The Hall–Kier alpha value is -1.82. The van der Waals surface area contributed by atoms with Gasteiger partial charge in [-0.1, -0.05) is 5.16 Å². The third-order valence-corrected chi connectivity index (χ3v) is 2.74. The Morgan fingerprint density at radius 2 is 2.53 bits per heavy atom. The third-order valence-electron chi connectivity index (χ3n) is 2.74. The van der Waals surface area contributed by atoms with Crippen molar-refractivity contribution < 1.29 is 9.94 Å². The second kappa shape index (κ2) is 5.01. The van der Waals surface area contributed by atoms with Crippen LogP contribution in [0.5, 0.6) is 0 Å². The quantitative estimate of drug-likeness (QED) is 0.335. The molecule has 6 heteroatoms. The van der Waals surface area contributed by atoms with Crippen LogP contribution in [0.2, 0.25) is 0 Å². The van der Waals surface area contributed by atoms with Crippen LogP contribution in [0.4, 0.5) is 5.82 Å². The summed E-state index contributed by atoms with van der Waals surface area (Å²) in [6.45, 7) is 3.86. The summed E-state index contributed by atoms with van der Waals surface area (Å²) in [7, 11) is 0. The first-order valence-corrected chi connectivity index (χ1v) is 5.47. The lowest BCUT2D eigenvalue weighted by Crippen LogP contribution is -2.48. The van der Waals surface area contributed by atoms with Crippen LogP contribution in [0.25, 0.3) is 0 Å². The third kappa shape index (κ3) is 2.65. The molecule has 1 fully saturated rings. The second-order valence-corrected chi connectivity index (χ2v) is 4.02. The van der Waals surface area contributed by atoms with E-state index in [0.717, 1.165) is 17.9 Å². The van der Waals surface area contributed by atoms with Crippen molar-refractivity contribution in [2.45, 2.75) is 13.0 Å². The molecule has 1 aliphatic heterocycles. The number of anilines is 1. The summed E-state index contributed by atoms with van der Waals surface area (Å²) in [5.74, 6) is 0.992. The summed E-state index contributed by atoms with van der Waals surface area (Å²) >= 11 is 0. The molecule has 1 unspecified atom stereocenters. The van der Waals surface area contributed by atoms with Crippen molar-refractivity contribution in [3.8, 4) is 0 Å². The van der Waals surface area contributed by atoms with Crippen LogP contribution in [0, 0.1) is 6.92 Å². The van der Waals surface area contributed by atoms with Crippen LogP contribution in [-0.4, -0.2) is 41.8 Å². The van der Waals surface area contributed by atoms with Gasteiger partial charge in [-0.2, -0.15) is 0 Å². The molecule has 0 spiro atoms. The number of aryl methyl sites for hydroxylation is 1. The number of hydrogen-bond donors (Lipinski definition) is 2. The highest BCUT2D eigenvalue weighted by atomic mass is 16.5. The first-order chi connectivity index (χ1) is 8.20. The first kappa shape index (κ1) is 11.7. The van der Waals surface area contributed by atoms with E-state index >= 15 is 0 Å². The van der Waals surface area contributed by atoms with Crippen molar-refractivity contribution in [1.82, 2.24) is 4.98 Å². The molecule has 0 saturated carbocycles. The van der Waals surface area contributed by atoms with Gasteiger partial charge in [-0.25, -0.2) is 4.98 Å². The number of nitrogens with two attached hydrogens (primary N) is 1. The number of oxime groups is 1. The van der Waals surface area contributed by atoms with E-state index < -0.39 is 0 Å². The Kier molecular flexibility index (Phi) is 3.43. The van der Waals surface area contributed by atoms with E-state index in [1.165, 1.54) is 0 Å². The number of amidine groups is 1. The Morgan fingerprint density at radius 1 is 1.71 bits per heavy atom. The molecule has 2 rings (SSSR count). The summed E-state index contributed by atoms with van der Waals surface area (Å²) in [5, 5.41) is 11.6. The zero-order valence-corrected chi connectivity index (χ0v) is 9.71. The predicted octanol–water partition coefficient (Wildman–Crippen LogP) is 0.342. The molecule has 1 atom stereocenters. The van der Waals surface area contributed by atoms with Gasteiger partial charge in [0.2, 0.25) is 0 Å². The van der Waals surface area contributed by atoms with E-state index in [1.54, 1.807) is 6.20 Å². The van der Waals surface area contributed by atoms with E-state index in [-0.39, 0.29) is 11.9 Å². The van der Waals surface area contributed by atoms with Gasteiger partial charge < -0.3 is 20.6 Å². The molecule has 0 aromatic carbocycles.